The average Bonchev–Trinajstić information content (AvgIpc) is 2.49. The van der Waals surface area contributed by atoms with Gasteiger partial charge in [-0.2, -0.15) is 0 Å². The van der Waals surface area contributed by atoms with Gasteiger partial charge >= 0.3 is 0 Å². The van der Waals surface area contributed by atoms with Crippen molar-refractivity contribution in [1.82, 2.24) is 5.32 Å². The molecule has 0 radical (unpaired) electrons. The Morgan fingerprint density at radius 2 is 1.60 bits per heavy atom. The minimum atomic E-state index is 0.608. The molecule has 0 fully saturated rings. The predicted molar refractivity (Wildman–Crippen MR) is 84.6 cm³/mol. The van der Waals surface area contributed by atoms with Crippen LogP contribution >= 0.6 is 0 Å². The van der Waals surface area contributed by atoms with Gasteiger partial charge in [-0.3, -0.25) is 0 Å². The molecular formula is C17H29NO2. The normalized spacial score (nSPS) is 12.2. The van der Waals surface area contributed by atoms with Crippen LogP contribution in [0, 0.1) is 0 Å². The summed E-state index contributed by atoms with van der Waals surface area (Å²) in [6.45, 7) is 5.35. The molecule has 1 rings (SSSR count). The van der Waals surface area contributed by atoms with Gasteiger partial charge in [0, 0.05) is 18.7 Å². The molecule has 0 bridgehead atoms. The molecule has 0 amide bonds. The largest absolute Gasteiger partial charge is 0.497 e. The molecule has 0 heterocycles. The van der Waals surface area contributed by atoms with E-state index in [1.165, 1.54) is 37.7 Å². The Kier molecular flexibility index (Phi) is 8.12. The molecule has 1 unspecified atom stereocenters. The van der Waals surface area contributed by atoms with Crippen LogP contribution in [0.3, 0.4) is 0 Å². The molecule has 0 aliphatic carbocycles. The predicted octanol–water partition coefficient (Wildman–Crippen LogP) is 4.15. The molecule has 0 aromatic heterocycles. The lowest BCUT2D eigenvalue weighted by atomic mass is 10.0. The SMILES string of the molecule is CCCCC(CCC)NCc1cc(OC)cc(OC)c1. The van der Waals surface area contributed by atoms with Crippen molar-refractivity contribution in [2.75, 3.05) is 14.2 Å². The summed E-state index contributed by atoms with van der Waals surface area (Å²) in [6, 6.07) is 6.65. The fraction of sp³-hybridized carbons (Fsp3) is 0.647. The van der Waals surface area contributed by atoms with Crippen molar-refractivity contribution in [1.29, 1.82) is 0 Å². The third-order valence-electron chi connectivity index (χ3n) is 3.55. The van der Waals surface area contributed by atoms with Gasteiger partial charge in [0.05, 0.1) is 14.2 Å². The minimum Gasteiger partial charge on any atom is -0.497 e. The average molecular weight is 279 g/mol. The second-order valence-electron chi connectivity index (χ2n) is 5.23. The maximum atomic E-state index is 5.31. The third-order valence-corrected chi connectivity index (χ3v) is 3.55. The minimum absolute atomic E-state index is 0.608. The molecule has 1 aromatic carbocycles. The first-order valence-electron chi connectivity index (χ1n) is 7.68. The smallest absolute Gasteiger partial charge is 0.122 e. The van der Waals surface area contributed by atoms with Crippen molar-refractivity contribution >= 4 is 0 Å². The molecule has 0 spiro atoms. The van der Waals surface area contributed by atoms with Crippen LogP contribution in [0.2, 0.25) is 0 Å². The van der Waals surface area contributed by atoms with E-state index in [-0.39, 0.29) is 0 Å². The van der Waals surface area contributed by atoms with Crippen LogP contribution in [0.25, 0.3) is 0 Å². The zero-order chi connectivity index (χ0) is 14.8. The number of benzene rings is 1. The van der Waals surface area contributed by atoms with Crippen LogP contribution in [-0.2, 0) is 6.54 Å². The van der Waals surface area contributed by atoms with E-state index >= 15 is 0 Å². The van der Waals surface area contributed by atoms with Gasteiger partial charge in [0.15, 0.2) is 0 Å². The van der Waals surface area contributed by atoms with Crippen LogP contribution in [0.1, 0.15) is 51.5 Å². The highest BCUT2D eigenvalue weighted by Gasteiger charge is 2.08. The number of hydrogen-bond donors (Lipinski definition) is 1. The molecule has 114 valence electrons. The topological polar surface area (TPSA) is 30.5 Å². The highest BCUT2D eigenvalue weighted by atomic mass is 16.5. The first kappa shape index (κ1) is 16.8. The summed E-state index contributed by atoms with van der Waals surface area (Å²) in [5.74, 6) is 1.70. The van der Waals surface area contributed by atoms with Crippen molar-refractivity contribution in [3.05, 3.63) is 23.8 Å². The molecule has 1 aromatic rings. The number of nitrogens with one attached hydrogen (secondary N) is 1. The van der Waals surface area contributed by atoms with Crippen molar-refractivity contribution < 1.29 is 9.47 Å². The highest BCUT2D eigenvalue weighted by Crippen LogP contribution is 2.22. The Morgan fingerprint density at radius 3 is 2.10 bits per heavy atom. The van der Waals surface area contributed by atoms with E-state index in [4.69, 9.17) is 9.47 Å². The van der Waals surface area contributed by atoms with E-state index in [1.54, 1.807) is 14.2 Å². The summed E-state index contributed by atoms with van der Waals surface area (Å²) in [5, 5.41) is 3.66. The molecule has 3 nitrogen and oxygen atoms in total. The fourth-order valence-corrected chi connectivity index (χ4v) is 2.38. The van der Waals surface area contributed by atoms with E-state index in [0.29, 0.717) is 6.04 Å². The molecule has 0 aliphatic rings. The van der Waals surface area contributed by atoms with Crippen molar-refractivity contribution in [3.8, 4) is 11.5 Å². The van der Waals surface area contributed by atoms with Crippen LogP contribution in [0.4, 0.5) is 0 Å². The van der Waals surface area contributed by atoms with Crippen LogP contribution < -0.4 is 14.8 Å². The molecule has 20 heavy (non-hydrogen) atoms. The van der Waals surface area contributed by atoms with Gasteiger partial charge in [-0.1, -0.05) is 33.1 Å². The zero-order valence-electron chi connectivity index (χ0n) is 13.4. The van der Waals surface area contributed by atoms with Crippen LogP contribution in [0.15, 0.2) is 18.2 Å². The first-order chi connectivity index (χ1) is 9.73. The van der Waals surface area contributed by atoms with Crippen molar-refractivity contribution in [2.45, 2.75) is 58.5 Å². The Labute approximate surface area is 123 Å². The van der Waals surface area contributed by atoms with Gasteiger partial charge < -0.3 is 14.8 Å². The monoisotopic (exact) mass is 279 g/mol. The number of hydrogen-bond acceptors (Lipinski definition) is 3. The van der Waals surface area contributed by atoms with Gasteiger partial charge in [-0.25, -0.2) is 0 Å². The lowest BCUT2D eigenvalue weighted by Gasteiger charge is -2.18. The Morgan fingerprint density at radius 1 is 0.950 bits per heavy atom. The molecule has 0 saturated carbocycles. The van der Waals surface area contributed by atoms with Gasteiger partial charge in [0.1, 0.15) is 11.5 Å². The maximum absolute atomic E-state index is 5.31. The summed E-state index contributed by atoms with van der Waals surface area (Å²) >= 11 is 0. The summed E-state index contributed by atoms with van der Waals surface area (Å²) in [7, 11) is 3.38. The quantitative estimate of drug-likeness (QED) is 0.698. The van der Waals surface area contributed by atoms with Crippen molar-refractivity contribution in [3.63, 3.8) is 0 Å². The number of ether oxygens (including phenoxy) is 2. The number of rotatable bonds is 10. The van der Waals surface area contributed by atoms with E-state index in [2.05, 4.69) is 31.3 Å². The van der Waals surface area contributed by atoms with Gasteiger partial charge in [-0.15, -0.1) is 0 Å². The lowest BCUT2D eigenvalue weighted by Crippen LogP contribution is -2.28. The van der Waals surface area contributed by atoms with Gasteiger partial charge in [-0.05, 0) is 30.5 Å². The number of methoxy groups -OCH3 is 2. The number of unbranched alkanes of at least 4 members (excludes halogenated alkanes) is 1. The van der Waals surface area contributed by atoms with Crippen LogP contribution in [-0.4, -0.2) is 20.3 Å². The lowest BCUT2D eigenvalue weighted by molar-refractivity contribution is 0.391. The second-order valence-corrected chi connectivity index (χ2v) is 5.23. The first-order valence-corrected chi connectivity index (χ1v) is 7.68. The Hall–Kier alpha value is -1.22. The summed E-state index contributed by atoms with van der Waals surface area (Å²) in [6.07, 6.45) is 6.27. The molecule has 0 saturated heterocycles. The standard InChI is InChI=1S/C17H29NO2/c1-5-7-9-15(8-6-2)18-13-14-10-16(19-3)12-17(11-14)20-4/h10-12,15,18H,5-9,13H2,1-4H3. The molecule has 3 heteroatoms. The van der Waals surface area contributed by atoms with Crippen molar-refractivity contribution in [2.24, 2.45) is 0 Å². The fourth-order valence-electron chi connectivity index (χ4n) is 2.38. The molecular weight excluding hydrogens is 250 g/mol. The van der Waals surface area contributed by atoms with E-state index < -0.39 is 0 Å². The Balaban J connectivity index is 2.61. The summed E-state index contributed by atoms with van der Waals surface area (Å²) in [4.78, 5) is 0. The van der Waals surface area contributed by atoms with Crippen LogP contribution in [0.5, 0.6) is 11.5 Å². The van der Waals surface area contributed by atoms with Gasteiger partial charge in [0.25, 0.3) is 0 Å². The molecule has 1 atom stereocenters. The van der Waals surface area contributed by atoms with E-state index in [9.17, 15) is 0 Å². The maximum Gasteiger partial charge on any atom is 0.122 e. The molecule has 1 N–H and O–H groups in total. The highest BCUT2D eigenvalue weighted by molar-refractivity contribution is 5.38. The van der Waals surface area contributed by atoms with E-state index in [0.717, 1.165) is 18.0 Å². The zero-order valence-corrected chi connectivity index (χ0v) is 13.4. The third kappa shape index (κ3) is 5.83. The molecule has 0 aliphatic heterocycles. The Bertz CT molecular complexity index is 357. The van der Waals surface area contributed by atoms with E-state index in [1.807, 2.05) is 6.07 Å². The summed E-state index contributed by atoms with van der Waals surface area (Å²) < 4.78 is 10.6. The van der Waals surface area contributed by atoms with Gasteiger partial charge in [0.2, 0.25) is 0 Å². The second kappa shape index (κ2) is 9.65. The summed E-state index contributed by atoms with van der Waals surface area (Å²) in [5.41, 5.74) is 1.21.